The molecule has 2 heterocycles. The van der Waals surface area contributed by atoms with Crippen LogP contribution in [0.2, 0.25) is 0 Å². The first-order chi connectivity index (χ1) is 10.7. The summed E-state index contributed by atoms with van der Waals surface area (Å²) in [5.74, 6) is 0.295. The van der Waals surface area contributed by atoms with Gasteiger partial charge in [0.05, 0.1) is 18.7 Å². The van der Waals surface area contributed by atoms with Crippen LogP contribution < -0.4 is 20.3 Å². The van der Waals surface area contributed by atoms with Gasteiger partial charge in [-0.3, -0.25) is 9.59 Å². The highest BCUT2D eigenvalue weighted by atomic mass is 16.5. The number of amides is 2. The summed E-state index contributed by atoms with van der Waals surface area (Å²) >= 11 is 0. The van der Waals surface area contributed by atoms with E-state index in [1.54, 1.807) is 12.0 Å². The van der Waals surface area contributed by atoms with E-state index in [1.807, 2.05) is 24.3 Å². The molecule has 1 aromatic carbocycles. The minimum absolute atomic E-state index is 0.0283. The molecule has 2 atom stereocenters. The number of hydrogen-bond donors (Lipinski definition) is 2. The summed E-state index contributed by atoms with van der Waals surface area (Å²) in [5.41, 5.74) is 0.729. The van der Waals surface area contributed by atoms with E-state index < -0.39 is 0 Å². The summed E-state index contributed by atoms with van der Waals surface area (Å²) in [7, 11) is 1.58. The highest BCUT2D eigenvalue weighted by Gasteiger charge is 2.36. The van der Waals surface area contributed by atoms with E-state index >= 15 is 0 Å². The molecule has 1 aromatic rings. The number of carbonyl (C=O) groups excluding carboxylic acids is 2. The molecule has 0 radical (unpaired) electrons. The number of rotatable bonds is 4. The SMILES string of the molecule is COc1ccccc1N1CC(C(=O)NC2CCNC2)CC1=O. The molecule has 0 bridgehead atoms. The molecule has 0 aromatic heterocycles. The second-order valence-corrected chi connectivity index (χ2v) is 5.78. The van der Waals surface area contributed by atoms with Crippen molar-refractivity contribution in [2.24, 2.45) is 5.92 Å². The highest BCUT2D eigenvalue weighted by molar-refractivity contribution is 6.01. The standard InChI is InChI=1S/C16H21N3O3/c1-22-14-5-3-2-4-13(14)19-10-11(8-15(19)20)16(21)18-12-6-7-17-9-12/h2-5,11-12,17H,6-10H2,1H3,(H,18,21). The van der Waals surface area contributed by atoms with Gasteiger partial charge in [0.15, 0.2) is 0 Å². The van der Waals surface area contributed by atoms with E-state index in [1.165, 1.54) is 0 Å². The maximum Gasteiger partial charge on any atom is 0.227 e. The smallest absolute Gasteiger partial charge is 0.227 e. The van der Waals surface area contributed by atoms with Gasteiger partial charge in [-0.05, 0) is 25.1 Å². The van der Waals surface area contributed by atoms with Crippen LogP contribution in [0.3, 0.4) is 0 Å². The summed E-state index contributed by atoms with van der Waals surface area (Å²) in [4.78, 5) is 26.3. The molecule has 2 aliphatic heterocycles. The number of para-hydroxylation sites is 2. The zero-order valence-corrected chi connectivity index (χ0v) is 12.7. The Hall–Kier alpha value is -2.08. The molecule has 0 spiro atoms. The summed E-state index contributed by atoms with van der Waals surface area (Å²) in [6, 6.07) is 7.57. The summed E-state index contributed by atoms with van der Waals surface area (Å²) in [5, 5.41) is 6.25. The lowest BCUT2D eigenvalue weighted by Crippen LogP contribution is -2.40. The molecular weight excluding hydrogens is 282 g/mol. The Morgan fingerprint density at radius 2 is 2.23 bits per heavy atom. The van der Waals surface area contributed by atoms with Crippen LogP contribution in [0, 0.1) is 5.92 Å². The van der Waals surface area contributed by atoms with Crippen LogP contribution in [0.15, 0.2) is 24.3 Å². The summed E-state index contributed by atoms with van der Waals surface area (Å²) in [6.45, 7) is 2.15. The van der Waals surface area contributed by atoms with E-state index in [2.05, 4.69) is 10.6 Å². The molecular formula is C16H21N3O3. The van der Waals surface area contributed by atoms with Crippen molar-refractivity contribution in [1.82, 2.24) is 10.6 Å². The first kappa shape index (κ1) is 14.8. The number of hydrogen-bond acceptors (Lipinski definition) is 4. The summed E-state index contributed by atoms with van der Waals surface area (Å²) in [6.07, 6.45) is 1.20. The van der Waals surface area contributed by atoms with Crippen LogP contribution in [0.5, 0.6) is 5.75 Å². The normalized spacial score (nSPS) is 24.6. The van der Waals surface area contributed by atoms with Gasteiger partial charge in [-0.15, -0.1) is 0 Å². The van der Waals surface area contributed by atoms with Gasteiger partial charge in [-0.25, -0.2) is 0 Å². The number of nitrogens with zero attached hydrogens (tertiary/aromatic N) is 1. The van der Waals surface area contributed by atoms with Crippen molar-refractivity contribution < 1.29 is 14.3 Å². The average Bonchev–Trinajstić information content (AvgIpc) is 3.16. The molecule has 2 N–H and O–H groups in total. The second kappa shape index (κ2) is 6.36. The van der Waals surface area contributed by atoms with Crippen molar-refractivity contribution in [2.75, 3.05) is 31.6 Å². The van der Waals surface area contributed by atoms with Gasteiger partial charge in [0.1, 0.15) is 5.75 Å². The third-order valence-corrected chi connectivity index (χ3v) is 4.28. The van der Waals surface area contributed by atoms with Crippen molar-refractivity contribution in [1.29, 1.82) is 0 Å². The molecule has 118 valence electrons. The first-order valence-electron chi connectivity index (χ1n) is 7.63. The molecule has 0 saturated carbocycles. The molecule has 3 rings (SSSR count). The maximum absolute atomic E-state index is 12.3. The molecule has 2 amide bonds. The predicted octanol–water partition coefficient (Wildman–Crippen LogP) is 0.526. The van der Waals surface area contributed by atoms with Crippen LogP contribution in [0.4, 0.5) is 5.69 Å². The van der Waals surface area contributed by atoms with Crippen molar-refractivity contribution in [2.45, 2.75) is 18.9 Å². The van der Waals surface area contributed by atoms with E-state index in [-0.39, 0.29) is 30.2 Å². The van der Waals surface area contributed by atoms with Gasteiger partial charge in [-0.1, -0.05) is 12.1 Å². The van der Waals surface area contributed by atoms with Gasteiger partial charge in [0.25, 0.3) is 0 Å². The van der Waals surface area contributed by atoms with E-state index in [9.17, 15) is 9.59 Å². The van der Waals surface area contributed by atoms with Gasteiger partial charge >= 0.3 is 0 Å². The third kappa shape index (κ3) is 2.92. The highest BCUT2D eigenvalue weighted by Crippen LogP contribution is 2.32. The lowest BCUT2D eigenvalue weighted by molar-refractivity contribution is -0.126. The van der Waals surface area contributed by atoms with Crippen LogP contribution >= 0.6 is 0 Å². The largest absolute Gasteiger partial charge is 0.495 e. The Labute approximate surface area is 129 Å². The molecule has 2 fully saturated rings. The van der Waals surface area contributed by atoms with E-state index in [4.69, 9.17) is 4.74 Å². The van der Waals surface area contributed by atoms with Crippen LogP contribution in [-0.4, -0.2) is 44.6 Å². The lowest BCUT2D eigenvalue weighted by Gasteiger charge is -2.20. The van der Waals surface area contributed by atoms with Gasteiger partial charge in [0, 0.05) is 25.6 Å². The van der Waals surface area contributed by atoms with E-state index in [0.717, 1.165) is 25.2 Å². The third-order valence-electron chi connectivity index (χ3n) is 4.28. The summed E-state index contributed by atoms with van der Waals surface area (Å²) < 4.78 is 5.31. The number of ether oxygens (including phenoxy) is 1. The minimum Gasteiger partial charge on any atom is -0.495 e. The molecule has 0 aliphatic carbocycles. The quantitative estimate of drug-likeness (QED) is 0.851. The van der Waals surface area contributed by atoms with Gasteiger partial charge < -0.3 is 20.3 Å². The number of nitrogens with one attached hydrogen (secondary N) is 2. The van der Waals surface area contributed by atoms with Crippen molar-refractivity contribution >= 4 is 17.5 Å². The lowest BCUT2D eigenvalue weighted by atomic mass is 10.1. The topological polar surface area (TPSA) is 70.7 Å². The molecule has 2 aliphatic rings. The molecule has 6 heteroatoms. The molecule has 6 nitrogen and oxygen atoms in total. The number of carbonyl (C=O) groups is 2. The predicted molar refractivity (Wildman–Crippen MR) is 82.9 cm³/mol. The monoisotopic (exact) mass is 303 g/mol. The van der Waals surface area contributed by atoms with Crippen LogP contribution in [0.25, 0.3) is 0 Å². The first-order valence-corrected chi connectivity index (χ1v) is 7.63. The molecule has 2 unspecified atom stereocenters. The molecule has 2 saturated heterocycles. The maximum atomic E-state index is 12.3. The van der Waals surface area contributed by atoms with Crippen LogP contribution in [-0.2, 0) is 9.59 Å². The Balaban J connectivity index is 1.68. The van der Waals surface area contributed by atoms with Gasteiger partial charge in [0.2, 0.25) is 11.8 Å². The van der Waals surface area contributed by atoms with Gasteiger partial charge in [-0.2, -0.15) is 0 Å². The van der Waals surface area contributed by atoms with Crippen molar-refractivity contribution in [3.8, 4) is 5.75 Å². The zero-order chi connectivity index (χ0) is 15.5. The fraction of sp³-hybridized carbons (Fsp3) is 0.500. The van der Waals surface area contributed by atoms with E-state index in [0.29, 0.717) is 12.3 Å². The fourth-order valence-electron chi connectivity index (χ4n) is 3.07. The fourth-order valence-corrected chi connectivity index (χ4v) is 3.07. The average molecular weight is 303 g/mol. The Bertz CT molecular complexity index is 570. The number of anilines is 1. The zero-order valence-electron chi connectivity index (χ0n) is 12.7. The van der Waals surface area contributed by atoms with Crippen molar-refractivity contribution in [3.05, 3.63) is 24.3 Å². The second-order valence-electron chi connectivity index (χ2n) is 5.78. The van der Waals surface area contributed by atoms with Crippen molar-refractivity contribution in [3.63, 3.8) is 0 Å². The Morgan fingerprint density at radius 1 is 1.41 bits per heavy atom. The Morgan fingerprint density at radius 3 is 2.95 bits per heavy atom. The number of benzene rings is 1. The van der Waals surface area contributed by atoms with Crippen LogP contribution in [0.1, 0.15) is 12.8 Å². The minimum atomic E-state index is -0.294. The molecule has 22 heavy (non-hydrogen) atoms. The number of methoxy groups -OCH3 is 1. The Kier molecular flexibility index (Phi) is 4.29.